The zero-order valence-corrected chi connectivity index (χ0v) is 21.9. The highest BCUT2D eigenvalue weighted by Gasteiger charge is 2.31. The highest BCUT2D eigenvalue weighted by Crippen LogP contribution is 2.39. The number of hydrogen-bond donors (Lipinski definition) is 3. The third-order valence-corrected chi connectivity index (χ3v) is 6.80. The Morgan fingerprint density at radius 1 is 1.05 bits per heavy atom. The first-order valence-corrected chi connectivity index (χ1v) is 12.3. The van der Waals surface area contributed by atoms with Crippen molar-refractivity contribution in [2.45, 2.75) is 33.6 Å². The quantitative estimate of drug-likeness (QED) is 0.233. The number of aromatic nitrogens is 4. The molecule has 0 spiro atoms. The average molecular weight is 529 g/mol. The third kappa shape index (κ3) is 4.73. The number of benzene rings is 3. The minimum absolute atomic E-state index is 0.0303. The topological polar surface area (TPSA) is 132 Å². The summed E-state index contributed by atoms with van der Waals surface area (Å²) in [6.07, 6.45) is 0. The van der Waals surface area contributed by atoms with Crippen LogP contribution in [0.15, 0.2) is 64.8 Å². The lowest BCUT2D eigenvalue weighted by molar-refractivity contribution is -0.112. The number of carbonyl (C=O) groups is 1. The van der Waals surface area contributed by atoms with E-state index in [0.717, 1.165) is 22.3 Å². The van der Waals surface area contributed by atoms with Gasteiger partial charge in [-0.05, 0) is 77.7 Å². The Hall–Kier alpha value is -4.57. The number of hydrazone groups is 2. The molecule has 0 fully saturated rings. The first kappa shape index (κ1) is 25.1. The van der Waals surface area contributed by atoms with E-state index in [0.29, 0.717) is 27.8 Å². The maximum Gasteiger partial charge on any atom is 0.301 e. The number of rotatable bonds is 6. The Bertz CT molecular complexity index is 1580. The van der Waals surface area contributed by atoms with Crippen molar-refractivity contribution in [1.29, 1.82) is 0 Å². The Balaban J connectivity index is 1.39. The lowest BCUT2D eigenvalue weighted by atomic mass is 9.96. The summed E-state index contributed by atoms with van der Waals surface area (Å²) in [7, 11) is 0. The first-order valence-electron chi connectivity index (χ1n) is 11.9. The molecule has 1 amide bonds. The van der Waals surface area contributed by atoms with Crippen LogP contribution < -0.4 is 10.4 Å². The molecule has 2 heterocycles. The molecule has 0 radical (unpaired) electrons. The minimum atomic E-state index is -0.369. The van der Waals surface area contributed by atoms with Crippen molar-refractivity contribution in [2.24, 2.45) is 10.2 Å². The average Bonchev–Trinajstić information content (AvgIpc) is 3.54. The van der Waals surface area contributed by atoms with Crippen LogP contribution >= 0.6 is 11.6 Å². The summed E-state index contributed by atoms with van der Waals surface area (Å²) in [6, 6.07) is 16.6. The molecule has 0 saturated carbocycles. The Kier molecular flexibility index (Phi) is 6.64. The van der Waals surface area contributed by atoms with Crippen LogP contribution in [0.25, 0.3) is 11.1 Å². The van der Waals surface area contributed by atoms with Crippen molar-refractivity contribution < 1.29 is 9.90 Å². The van der Waals surface area contributed by atoms with E-state index < -0.39 is 0 Å². The number of hydrogen-bond acceptors (Lipinski definition) is 8. The number of halogens is 1. The molecular formula is C27H25ClN8O2. The predicted molar refractivity (Wildman–Crippen MR) is 148 cm³/mol. The minimum Gasteiger partial charge on any atom is -0.505 e. The summed E-state index contributed by atoms with van der Waals surface area (Å²) < 4.78 is 0. The normalized spacial score (nSPS) is 15.2. The molecule has 1 aromatic heterocycles. The predicted octanol–water partition coefficient (Wildman–Crippen LogP) is 5.18. The fraction of sp³-hybridized carbons (Fsp3) is 0.185. The molecule has 1 atom stereocenters. The number of aryl methyl sites for hydroxylation is 2. The third-order valence-electron chi connectivity index (χ3n) is 6.58. The molecule has 0 bridgehead atoms. The number of amides is 1. The van der Waals surface area contributed by atoms with E-state index in [1.54, 1.807) is 19.1 Å². The number of nitrogens with zero attached hydrogens (tertiary/aromatic N) is 6. The Labute approximate surface area is 224 Å². The van der Waals surface area contributed by atoms with Crippen LogP contribution in [-0.2, 0) is 4.79 Å². The molecule has 1 aliphatic heterocycles. The molecular weight excluding hydrogens is 504 g/mol. The van der Waals surface area contributed by atoms with Gasteiger partial charge >= 0.3 is 5.91 Å². The largest absolute Gasteiger partial charge is 0.505 e. The zero-order valence-electron chi connectivity index (χ0n) is 21.2. The van der Waals surface area contributed by atoms with Crippen LogP contribution in [-0.4, -0.2) is 43.1 Å². The number of H-pyrrole nitrogens is 1. The highest BCUT2D eigenvalue weighted by atomic mass is 35.5. The van der Waals surface area contributed by atoms with Crippen molar-refractivity contribution in [2.75, 3.05) is 10.4 Å². The van der Waals surface area contributed by atoms with Gasteiger partial charge in [0.1, 0.15) is 11.4 Å². The monoisotopic (exact) mass is 528 g/mol. The SMILES string of the molecule is CC1=NN(c2ccc(C)c(C)c2)C(=O)/C1=N\Nc1cc(Cl)cc(-c2ccc(C(C)c3nnn[nH]3)cc2)c1O. The number of anilines is 2. The smallest absolute Gasteiger partial charge is 0.301 e. The van der Waals surface area contributed by atoms with Crippen molar-refractivity contribution in [3.05, 3.63) is 82.1 Å². The van der Waals surface area contributed by atoms with Gasteiger partial charge in [-0.2, -0.15) is 15.2 Å². The van der Waals surface area contributed by atoms with Gasteiger partial charge < -0.3 is 5.11 Å². The summed E-state index contributed by atoms with van der Waals surface area (Å²) in [5.74, 6) is 0.208. The van der Waals surface area contributed by atoms with Crippen LogP contribution in [0.2, 0.25) is 5.02 Å². The van der Waals surface area contributed by atoms with Crippen molar-refractivity contribution in [3.63, 3.8) is 0 Å². The molecule has 3 aromatic carbocycles. The van der Waals surface area contributed by atoms with Crippen LogP contribution in [0.3, 0.4) is 0 Å². The van der Waals surface area contributed by atoms with E-state index in [-0.39, 0.29) is 29.0 Å². The maximum absolute atomic E-state index is 13.1. The van der Waals surface area contributed by atoms with Gasteiger partial charge in [-0.1, -0.05) is 48.9 Å². The number of phenols is 1. The van der Waals surface area contributed by atoms with Gasteiger partial charge in [-0.15, -0.1) is 5.10 Å². The molecule has 0 aliphatic carbocycles. The van der Waals surface area contributed by atoms with Crippen molar-refractivity contribution in [1.82, 2.24) is 20.6 Å². The second kappa shape index (κ2) is 10.1. The standard InChI is InChI=1S/C27H25ClN8O2/c1-14-5-10-21(11-15(14)2)36-27(38)24(17(4)33-36)30-29-23-13-20(28)12-22(25(23)37)19-8-6-18(7-9-19)16(3)26-31-34-35-32-26/h5-13,16,29,37H,1-4H3,(H,31,32,34,35)/b30-24-. The summed E-state index contributed by atoms with van der Waals surface area (Å²) in [4.78, 5) is 13.1. The van der Waals surface area contributed by atoms with E-state index in [4.69, 9.17) is 11.6 Å². The van der Waals surface area contributed by atoms with Gasteiger partial charge in [0, 0.05) is 16.5 Å². The molecule has 192 valence electrons. The van der Waals surface area contributed by atoms with E-state index >= 15 is 0 Å². The number of aromatic hydroxyl groups is 1. The van der Waals surface area contributed by atoms with Crippen LogP contribution in [0.1, 0.15) is 42.3 Å². The van der Waals surface area contributed by atoms with E-state index in [9.17, 15) is 9.90 Å². The van der Waals surface area contributed by atoms with E-state index in [1.807, 2.05) is 63.2 Å². The highest BCUT2D eigenvalue weighted by molar-refractivity contribution is 6.71. The number of phenolic OH excluding ortho intramolecular Hbond substituents is 1. The van der Waals surface area contributed by atoms with Gasteiger partial charge in [0.2, 0.25) is 0 Å². The summed E-state index contributed by atoms with van der Waals surface area (Å²) in [5, 5.41) is 35.4. The summed E-state index contributed by atoms with van der Waals surface area (Å²) in [5.41, 5.74) is 8.77. The number of carbonyl (C=O) groups excluding carboxylic acids is 1. The van der Waals surface area contributed by atoms with Crippen LogP contribution in [0.5, 0.6) is 5.75 Å². The lowest BCUT2D eigenvalue weighted by Crippen LogP contribution is -2.28. The van der Waals surface area contributed by atoms with Crippen LogP contribution in [0.4, 0.5) is 11.4 Å². The second-order valence-electron chi connectivity index (χ2n) is 9.12. The van der Waals surface area contributed by atoms with Crippen molar-refractivity contribution >= 4 is 40.3 Å². The number of tetrazole rings is 1. The van der Waals surface area contributed by atoms with E-state index in [1.165, 1.54) is 5.01 Å². The van der Waals surface area contributed by atoms with Gasteiger partial charge in [0.25, 0.3) is 0 Å². The molecule has 38 heavy (non-hydrogen) atoms. The number of aromatic amines is 1. The molecule has 1 unspecified atom stereocenters. The molecule has 0 saturated heterocycles. The van der Waals surface area contributed by atoms with Gasteiger partial charge in [0.05, 0.1) is 11.4 Å². The second-order valence-corrected chi connectivity index (χ2v) is 9.56. The fourth-order valence-electron chi connectivity index (χ4n) is 4.14. The first-order chi connectivity index (χ1) is 18.2. The lowest BCUT2D eigenvalue weighted by Gasteiger charge is -2.14. The molecule has 5 rings (SSSR count). The fourth-order valence-corrected chi connectivity index (χ4v) is 4.36. The van der Waals surface area contributed by atoms with E-state index in [2.05, 4.69) is 36.3 Å². The zero-order chi connectivity index (χ0) is 27.0. The summed E-state index contributed by atoms with van der Waals surface area (Å²) in [6.45, 7) is 7.69. The summed E-state index contributed by atoms with van der Waals surface area (Å²) >= 11 is 6.38. The van der Waals surface area contributed by atoms with Gasteiger partial charge in [0.15, 0.2) is 11.5 Å². The van der Waals surface area contributed by atoms with Crippen molar-refractivity contribution in [3.8, 4) is 16.9 Å². The molecule has 3 N–H and O–H groups in total. The molecule has 10 nitrogen and oxygen atoms in total. The Morgan fingerprint density at radius 3 is 2.50 bits per heavy atom. The number of nitrogens with one attached hydrogen (secondary N) is 2. The molecule has 11 heteroatoms. The van der Waals surface area contributed by atoms with Crippen LogP contribution in [0, 0.1) is 13.8 Å². The van der Waals surface area contributed by atoms with Gasteiger partial charge in [-0.3, -0.25) is 10.2 Å². The maximum atomic E-state index is 13.1. The molecule has 1 aliphatic rings. The molecule has 4 aromatic rings. The van der Waals surface area contributed by atoms with Gasteiger partial charge in [-0.25, -0.2) is 5.10 Å². The Morgan fingerprint density at radius 2 is 1.82 bits per heavy atom.